The smallest absolute Gasteiger partial charge is 0.410 e. The molecule has 26 heavy (non-hydrogen) atoms. The van der Waals surface area contributed by atoms with Crippen molar-refractivity contribution >= 4 is 39.2 Å². The first kappa shape index (κ1) is 20.2. The van der Waals surface area contributed by atoms with Crippen molar-refractivity contribution in [2.75, 3.05) is 25.0 Å². The molecule has 0 aliphatic carbocycles. The number of benzene rings is 1. The third-order valence-electron chi connectivity index (χ3n) is 3.93. The standard InChI is InChI=1S/C19H22BrFN2O3/c1-12-17(20)15(11-24)14-10-13(21)6-7-16(14)23(12)9-8-22(5)18(25)26-19(2,3)4/h6-7,10H,8-9H2,1-5H3. The van der Waals surface area contributed by atoms with Gasteiger partial charge in [-0.15, -0.1) is 0 Å². The summed E-state index contributed by atoms with van der Waals surface area (Å²) < 4.78 is 19.6. The number of fused-ring (bicyclic) bond motifs is 1. The summed E-state index contributed by atoms with van der Waals surface area (Å²) in [5.41, 5.74) is 1.68. The van der Waals surface area contributed by atoms with E-state index in [0.717, 1.165) is 5.70 Å². The number of hydrogen-bond acceptors (Lipinski definition) is 4. The van der Waals surface area contributed by atoms with Crippen LogP contribution in [-0.4, -0.2) is 42.7 Å². The summed E-state index contributed by atoms with van der Waals surface area (Å²) in [7, 11) is 1.66. The largest absolute Gasteiger partial charge is 0.444 e. The maximum absolute atomic E-state index is 13.7. The van der Waals surface area contributed by atoms with E-state index in [9.17, 15) is 14.0 Å². The lowest BCUT2D eigenvalue weighted by Gasteiger charge is -2.34. The number of amides is 1. The van der Waals surface area contributed by atoms with Crippen molar-refractivity contribution in [3.63, 3.8) is 0 Å². The Balaban J connectivity index is 2.25. The van der Waals surface area contributed by atoms with E-state index in [-0.39, 0.29) is 5.57 Å². The molecule has 0 radical (unpaired) electrons. The van der Waals surface area contributed by atoms with Crippen LogP contribution in [0.5, 0.6) is 0 Å². The van der Waals surface area contributed by atoms with Gasteiger partial charge in [0.1, 0.15) is 17.4 Å². The molecule has 1 amide bonds. The zero-order valence-corrected chi connectivity index (χ0v) is 17.1. The predicted octanol–water partition coefficient (Wildman–Crippen LogP) is 4.35. The Morgan fingerprint density at radius 3 is 2.62 bits per heavy atom. The van der Waals surface area contributed by atoms with Gasteiger partial charge in [-0.25, -0.2) is 14.0 Å². The predicted molar refractivity (Wildman–Crippen MR) is 103 cm³/mol. The molecule has 7 heteroatoms. The van der Waals surface area contributed by atoms with Crippen molar-refractivity contribution < 1.29 is 18.7 Å². The minimum absolute atomic E-state index is 0.286. The molecule has 1 aromatic rings. The van der Waals surface area contributed by atoms with Gasteiger partial charge >= 0.3 is 6.09 Å². The fourth-order valence-corrected chi connectivity index (χ4v) is 3.12. The van der Waals surface area contributed by atoms with Crippen LogP contribution in [0.1, 0.15) is 33.3 Å². The van der Waals surface area contributed by atoms with Gasteiger partial charge in [-0.2, -0.15) is 0 Å². The number of rotatable bonds is 3. The minimum atomic E-state index is -0.566. The maximum Gasteiger partial charge on any atom is 0.410 e. The molecule has 0 N–H and O–H groups in total. The maximum atomic E-state index is 13.7. The van der Waals surface area contributed by atoms with Gasteiger partial charge in [0.25, 0.3) is 0 Å². The lowest BCUT2D eigenvalue weighted by Crippen LogP contribution is -2.39. The fourth-order valence-electron chi connectivity index (χ4n) is 2.61. The van der Waals surface area contributed by atoms with E-state index in [0.29, 0.717) is 28.8 Å². The first-order chi connectivity index (χ1) is 12.0. The number of ether oxygens (including phenoxy) is 1. The van der Waals surface area contributed by atoms with E-state index in [2.05, 4.69) is 15.9 Å². The highest BCUT2D eigenvalue weighted by Gasteiger charge is 2.27. The quantitative estimate of drug-likeness (QED) is 0.676. The summed E-state index contributed by atoms with van der Waals surface area (Å²) in [5, 5.41) is 0. The summed E-state index contributed by atoms with van der Waals surface area (Å²) in [6, 6.07) is 4.28. The zero-order chi connectivity index (χ0) is 19.6. The molecule has 1 aliphatic rings. The Bertz CT molecular complexity index is 807. The molecule has 0 aromatic heterocycles. The van der Waals surface area contributed by atoms with Crippen LogP contribution in [0.2, 0.25) is 0 Å². The number of allylic oxidation sites excluding steroid dienone is 3. The molecule has 1 aromatic carbocycles. The Hall–Kier alpha value is -2.11. The van der Waals surface area contributed by atoms with Crippen LogP contribution in [0.15, 0.2) is 28.4 Å². The van der Waals surface area contributed by atoms with Crippen LogP contribution in [0, 0.1) is 5.82 Å². The van der Waals surface area contributed by atoms with Gasteiger partial charge in [-0.05, 0) is 61.8 Å². The summed E-state index contributed by atoms with van der Waals surface area (Å²) in [4.78, 5) is 26.9. The average Bonchev–Trinajstić information content (AvgIpc) is 2.54. The van der Waals surface area contributed by atoms with E-state index in [1.54, 1.807) is 13.1 Å². The molecular formula is C19H22BrFN2O3. The van der Waals surface area contributed by atoms with Gasteiger partial charge in [-0.3, -0.25) is 0 Å². The molecule has 1 aliphatic heterocycles. The number of carbonyl (C=O) groups is 1. The highest BCUT2D eigenvalue weighted by atomic mass is 79.9. The normalized spacial score (nSPS) is 14.1. The first-order valence-corrected chi connectivity index (χ1v) is 8.98. The molecule has 0 bridgehead atoms. The molecule has 0 saturated carbocycles. The van der Waals surface area contributed by atoms with Gasteiger partial charge < -0.3 is 14.5 Å². The summed E-state index contributed by atoms with van der Waals surface area (Å²) in [6.07, 6.45) is -0.414. The van der Waals surface area contributed by atoms with E-state index in [4.69, 9.17) is 4.74 Å². The van der Waals surface area contributed by atoms with Crippen LogP contribution in [0.25, 0.3) is 5.57 Å². The molecule has 2 rings (SSSR count). The lowest BCUT2D eigenvalue weighted by atomic mass is 9.98. The monoisotopic (exact) mass is 424 g/mol. The Labute approximate surface area is 161 Å². The lowest BCUT2D eigenvalue weighted by molar-refractivity contribution is 0.0303. The van der Waals surface area contributed by atoms with E-state index < -0.39 is 17.5 Å². The SMILES string of the molecule is CC1=C(Br)C(=C=O)c2cc(F)ccc2N1CCN(C)C(=O)OC(C)(C)C. The number of hydrogen-bond donors (Lipinski definition) is 0. The van der Waals surface area contributed by atoms with Gasteiger partial charge in [0.2, 0.25) is 0 Å². The second kappa shape index (κ2) is 7.64. The van der Waals surface area contributed by atoms with Crippen molar-refractivity contribution in [2.24, 2.45) is 0 Å². The van der Waals surface area contributed by atoms with Crippen LogP contribution in [0.4, 0.5) is 14.9 Å². The third-order valence-corrected chi connectivity index (χ3v) is 4.90. The number of nitrogens with zero attached hydrogens (tertiary/aromatic N) is 2. The summed E-state index contributed by atoms with van der Waals surface area (Å²) in [6.45, 7) is 8.13. The molecule has 5 nitrogen and oxygen atoms in total. The Morgan fingerprint density at radius 1 is 1.38 bits per heavy atom. The number of halogens is 2. The third kappa shape index (κ3) is 4.34. The average molecular weight is 425 g/mol. The van der Waals surface area contributed by atoms with Gasteiger partial charge in [0.15, 0.2) is 0 Å². The molecule has 0 fully saturated rings. The molecular weight excluding hydrogens is 403 g/mol. The van der Waals surface area contributed by atoms with Crippen molar-refractivity contribution in [3.8, 4) is 0 Å². The molecule has 0 unspecified atom stereocenters. The summed E-state index contributed by atoms with van der Waals surface area (Å²) in [5.74, 6) is 1.45. The van der Waals surface area contributed by atoms with Crippen LogP contribution in [0.3, 0.4) is 0 Å². The van der Waals surface area contributed by atoms with E-state index in [1.165, 1.54) is 17.0 Å². The van der Waals surface area contributed by atoms with Gasteiger partial charge in [-0.1, -0.05) is 0 Å². The van der Waals surface area contributed by atoms with E-state index >= 15 is 0 Å². The van der Waals surface area contributed by atoms with Crippen LogP contribution < -0.4 is 4.90 Å². The highest BCUT2D eigenvalue weighted by Crippen LogP contribution is 2.41. The number of carbonyl (C=O) groups excluding carboxylic acids is 2. The van der Waals surface area contributed by atoms with Crippen molar-refractivity contribution in [1.82, 2.24) is 4.90 Å². The molecule has 0 atom stereocenters. The molecule has 0 spiro atoms. The Kier molecular flexibility index (Phi) is 5.94. The number of anilines is 1. The highest BCUT2D eigenvalue weighted by molar-refractivity contribution is 9.12. The van der Waals surface area contributed by atoms with Crippen molar-refractivity contribution in [3.05, 3.63) is 39.8 Å². The number of likely N-dealkylation sites (N-methyl/N-ethyl adjacent to an activating group) is 1. The van der Waals surface area contributed by atoms with E-state index in [1.807, 2.05) is 38.5 Å². The van der Waals surface area contributed by atoms with Gasteiger partial charge in [0.05, 0.1) is 10.1 Å². The van der Waals surface area contributed by atoms with Crippen molar-refractivity contribution in [2.45, 2.75) is 33.3 Å². The molecule has 1 heterocycles. The molecule has 0 saturated heterocycles. The van der Waals surface area contributed by atoms with Gasteiger partial charge in [0, 0.05) is 37.1 Å². The van der Waals surface area contributed by atoms with Crippen molar-refractivity contribution in [1.29, 1.82) is 0 Å². The van der Waals surface area contributed by atoms with Crippen LogP contribution in [-0.2, 0) is 9.53 Å². The van der Waals surface area contributed by atoms with Crippen LogP contribution >= 0.6 is 15.9 Å². The minimum Gasteiger partial charge on any atom is -0.444 e. The fraction of sp³-hybridized carbons (Fsp3) is 0.421. The Morgan fingerprint density at radius 2 is 2.04 bits per heavy atom. The second-order valence-electron chi connectivity index (χ2n) is 7.09. The first-order valence-electron chi connectivity index (χ1n) is 8.18. The topological polar surface area (TPSA) is 49.9 Å². The molecule has 140 valence electrons. The zero-order valence-electron chi connectivity index (χ0n) is 15.5. The second-order valence-corrected chi connectivity index (χ2v) is 7.88. The summed E-state index contributed by atoms with van der Waals surface area (Å²) >= 11 is 3.40.